The van der Waals surface area contributed by atoms with Crippen LogP contribution in [-0.2, 0) is 10.0 Å². The highest BCUT2D eigenvalue weighted by atomic mass is 32.2. The zero-order valence-corrected chi connectivity index (χ0v) is 11.9. The molecule has 0 atom stereocenters. The maximum atomic E-state index is 11.5. The van der Waals surface area contributed by atoms with Crippen molar-refractivity contribution in [1.29, 1.82) is 0 Å². The van der Waals surface area contributed by atoms with Gasteiger partial charge in [0.25, 0.3) is 10.0 Å². The van der Waals surface area contributed by atoms with E-state index in [9.17, 15) is 8.42 Å². The van der Waals surface area contributed by atoms with Crippen molar-refractivity contribution in [2.24, 2.45) is 10.9 Å². The predicted molar refractivity (Wildman–Crippen MR) is 76.6 cm³/mol. The smallest absolute Gasteiger partial charge is 0.252 e. The van der Waals surface area contributed by atoms with Crippen molar-refractivity contribution >= 4 is 50.4 Å². The molecule has 19 heavy (non-hydrogen) atoms. The van der Waals surface area contributed by atoms with E-state index in [0.717, 1.165) is 0 Å². The molecule has 0 fully saturated rings. The standard InChI is InChI=1S/C9H9N5O2S3/c10-9(17)14(6-4-2-1-3-5-6)7-8(18-13-12-7)19(11,15)16/h1-5H,(H2,10,17)(H2,11,15,16). The first-order valence-corrected chi connectivity index (χ1v) is 7.64. The third-order valence-electron chi connectivity index (χ3n) is 2.15. The second-order valence-corrected chi connectivity index (χ2v) is 6.37. The first kappa shape index (κ1) is 13.8. The molecule has 100 valence electrons. The highest BCUT2D eigenvalue weighted by molar-refractivity contribution is 7.91. The molecular weight excluding hydrogens is 306 g/mol. The van der Waals surface area contributed by atoms with Crippen LogP contribution in [0.15, 0.2) is 34.5 Å². The Kier molecular flexibility index (Phi) is 3.75. The van der Waals surface area contributed by atoms with Crippen molar-refractivity contribution in [3.8, 4) is 0 Å². The van der Waals surface area contributed by atoms with Crippen molar-refractivity contribution in [3.63, 3.8) is 0 Å². The van der Waals surface area contributed by atoms with Crippen LogP contribution in [-0.4, -0.2) is 23.1 Å². The first-order valence-electron chi connectivity index (χ1n) is 4.91. The molecule has 0 aliphatic heterocycles. The van der Waals surface area contributed by atoms with E-state index in [1.807, 2.05) is 0 Å². The number of para-hydroxylation sites is 1. The van der Waals surface area contributed by atoms with Gasteiger partial charge in [0, 0.05) is 17.2 Å². The summed E-state index contributed by atoms with van der Waals surface area (Å²) in [4.78, 5) is 1.30. The van der Waals surface area contributed by atoms with E-state index >= 15 is 0 Å². The van der Waals surface area contributed by atoms with Gasteiger partial charge in [-0.2, -0.15) is 0 Å². The fourth-order valence-electron chi connectivity index (χ4n) is 1.42. The average Bonchev–Trinajstić information content (AvgIpc) is 2.79. The monoisotopic (exact) mass is 315 g/mol. The Bertz CT molecular complexity index is 698. The lowest BCUT2D eigenvalue weighted by Gasteiger charge is -2.20. The number of anilines is 2. The molecule has 1 aromatic carbocycles. The summed E-state index contributed by atoms with van der Waals surface area (Å²) in [6.07, 6.45) is 0. The van der Waals surface area contributed by atoms with Crippen LogP contribution in [0.2, 0.25) is 0 Å². The van der Waals surface area contributed by atoms with E-state index < -0.39 is 10.0 Å². The minimum absolute atomic E-state index is 0.00574. The number of hydrogen-bond acceptors (Lipinski definition) is 6. The van der Waals surface area contributed by atoms with Crippen molar-refractivity contribution in [2.45, 2.75) is 4.21 Å². The summed E-state index contributed by atoms with van der Waals surface area (Å²) in [5.41, 5.74) is 6.21. The van der Waals surface area contributed by atoms with Gasteiger partial charge in [0.2, 0.25) is 0 Å². The average molecular weight is 315 g/mol. The van der Waals surface area contributed by atoms with Gasteiger partial charge in [-0.1, -0.05) is 22.7 Å². The van der Waals surface area contributed by atoms with Gasteiger partial charge in [-0.05, 0) is 24.4 Å². The molecule has 1 aromatic heterocycles. The second kappa shape index (κ2) is 5.17. The van der Waals surface area contributed by atoms with Gasteiger partial charge in [-0.15, -0.1) is 5.10 Å². The Labute approximate surface area is 119 Å². The Morgan fingerprint density at radius 3 is 2.47 bits per heavy atom. The quantitative estimate of drug-likeness (QED) is 0.795. The van der Waals surface area contributed by atoms with E-state index in [-0.39, 0.29) is 15.1 Å². The van der Waals surface area contributed by atoms with Crippen molar-refractivity contribution in [3.05, 3.63) is 30.3 Å². The molecule has 0 amide bonds. The van der Waals surface area contributed by atoms with E-state index in [4.69, 9.17) is 23.1 Å². The maximum absolute atomic E-state index is 11.5. The number of aromatic nitrogens is 2. The van der Waals surface area contributed by atoms with Crippen LogP contribution in [0.1, 0.15) is 0 Å². The SMILES string of the molecule is NC(=S)N(c1ccccc1)c1nnsc1S(N)(=O)=O. The number of sulfonamides is 1. The predicted octanol–water partition coefficient (Wildman–Crippen LogP) is 0.567. The van der Waals surface area contributed by atoms with Gasteiger partial charge < -0.3 is 5.73 Å². The highest BCUT2D eigenvalue weighted by Crippen LogP contribution is 2.30. The van der Waals surface area contributed by atoms with Gasteiger partial charge in [-0.25, -0.2) is 13.6 Å². The van der Waals surface area contributed by atoms with Crippen LogP contribution < -0.4 is 15.8 Å². The van der Waals surface area contributed by atoms with Crippen LogP contribution in [0.4, 0.5) is 11.5 Å². The molecule has 10 heteroatoms. The Hall–Kier alpha value is -1.62. The van der Waals surface area contributed by atoms with Gasteiger partial charge >= 0.3 is 0 Å². The number of thiocarbonyl (C=S) groups is 1. The molecule has 0 bridgehead atoms. The molecule has 0 aliphatic rings. The van der Waals surface area contributed by atoms with Crippen LogP contribution in [0.3, 0.4) is 0 Å². The number of benzene rings is 1. The van der Waals surface area contributed by atoms with Crippen molar-refractivity contribution in [2.75, 3.05) is 4.90 Å². The fraction of sp³-hybridized carbons (Fsp3) is 0. The summed E-state index contributed by atoms with van der Waals surface area (Å²) >= 11 is 5.60. The van der Waals surface area contributed by atoms with Crippen LogP contribution in [0.25, 0.3) is 0 Å². The summed E-state index contributed by atoms with van der Waals surface area (Å²) in [6.45, 7) is 0. The molecule has 0 unspecified atom stereocenters. The largest absolute Gasteiger partial charge is 0.376 e. The summed E-state index contributed by atoms with van der Waals surface area (Å²) in [5, 5.41) is 8.81. The number of rotatable bonds is 3. The van der Waals surface area contributed by atoms with Crippen LogP contribution in [0, 0.1) is 0 Å². The molecule has 0 saturated heterocycles. The second-order valence-electron chi connectivity index (χ2n) is 3.44. The Morgan fingerprint density at radius 2 is 1.95 bits per heavy atom. The van der Waals surface area contributed by atoms with Gasteiger partial charge in [0.15, 0.2) is 15.1 Å². The third kappa shape index (κ3) is 2.87. The number of hydrogen-bond donors (Lipinski definition) is 2. The van der Waals surface area contributed by atoms with Crippen molar-refractivity contribution < 1.29 is 8.42 Å². The fourth-order valence-corrected chi connectivity index (χ4v) is 2.92. The van der Waals surface area contributed by atoms with Crippen molar-refractivity contribution in [1.82, 2.24) is 9.59 Å². The van der Waals surface area contributed by atoms with Gasteiger partial charge in [0.05, 0.1) is 0 Å². The normalized spacial score (nSPS) is 11.2. The molecule has 0 spiro atoms. The summed E-state index contributed by atoms with van der Waals surface area (Å²) in [6, 6.07) is 8.76. The number of primary sulfonamides is 1. The van der Waals surface area contributed by atoms with Crippen LogP contribution >= 0.6 is 23.8 Å². The molecular formula is C9H9N5O2S3. The molecule has 2 rings (SSSR count). The first-order chi connectivity index (χ1) is 8.91. The zero-order valence-electron chi connectivity index (χ0n) is 9.42. The summed E-state index contributed by atoms with van der Waals surface area (Å²) in [5.74, 6) is 0.00574. The minimum Gasteiger partial charge on any atom is -0.376 e. The lowest BCUT2D eigenvalue weighted by molar-refractivity contribution is 0.600. The summed E-state index contributed by atoms with van der Waals surface area (Å²) < 4.78 is 26.3. The number of nitrogens with zero attached hydrogens (tertiary/aromatic N) is 3. The molecule has 1 heterocycles. The molecule has 0 radical (unpaired) electrons. The van der Waals surface area contributed by atoms with E-state index in [1.165, 1.54) is 4.90 Å². The van der Waals surface area contributed by atoms with Crippen LogP contribution in [0.5, 0.6) is 0 Å². The molecule has 4 N–H and O–H groups in total. The van der Waals surface area contributed by atoms with Gasteiger partial charge in [0.1, 0.15) is 0 Å². The molecule has 0 aliphatic carbocycles. The Morgan fingerprint density at radius 1 is 1.32 bits per heavy atom. The number of nitrogens with two attached hydrogens (primary N) is 2. The zero-order chi connectivity index (χ0) is 14.0. The van der Waals surface area contributed by atoms with E-state index in [0.29, 0.717) is 17.2 Å². The third-order valence-corrected chi connectivity index (χ3v) is 4.46. The minimum atomic E-state index is -3.94. The lowest BCUT2D eigenvalue weighted by atomic mass is 10.3. The molecule has 0 saturated carbocycles. The summed E-state index contributed by atoms with van der Waals surface area (Å²) in [7, 11) is -3.94. The molecule has 7 nitrogen and oxygen atoms in total. The molecule has 2 aromatic rings. The highest BCUT2D eigenvalue weighted by Gasteiger charge is 2.26. The van der Waals surface area contributed by atoms with Gasteiger partial charge in [-0.3, -0.25) is 4.90 Å². The Balaban J connectivity index is 2.60. The lowest BCUT2D eigenvalue weighted by Crippen LogP contribution is -2.32. The van der Waals surface area contributed by atoms with E-state index in [2.05, 4.69) is 9.59 Å². The van der Waals surface area contributed by atoms with E-state index in [1.54, 1.807) is 30.3 Å². The maximum Gasteiger partial charge on any atom is 0.252 e. The topological polar surface area (TPSA) is 115 Å².